The Bertz CT molecular complexity index is 663. The second-order valence-corrected chi connectivity index (χ2v) is 8.36. The van der Waals surface area contributed by atoms with Gasteiger partial charge >= 0.3 is 0 Å². The summed E-state index contributed by atoms with van der Waals surface area (Å²) in [6.45, 7) is 13.3. The Morgan fingerprint density at radius 3 is 2.04 bits per heavy atom. The Labute approximate surface area is 159 Å². The minimum atomic E-state index is -0.353. The van der Waals surface area contributed by atoms with Crippen LogP contribution in [0.15, 0.2) is 48.8 Å². The van der Waals surface area contributed by atoms with Crippen molar-refractivity contribution in [3.63, 3.8) is 0 Å². The van der Waals surface area contributed by atoms with Gasteiger partial charge in [-0.3, -0.25) is 4.98 Å². The van der Waals surface area contributed by atoms with E-state index in [2.05, 4.69) is 69.9 Å². The largest absolute Gasteiger partial charge is 0.393 e. The van der Waals surface area contributed by atoms with Crippen molar-refractivity contribution in [3.8, 4) is 0 Å². The fourth-order valence-electron chi connectivity index (χ4n) is 4.41. The summed E-state index contributed by atoms with van der Waals surface area (Å²) in [5, 5.41) is 10.8. The van der Waals surface area contributed by atoms with Crippen LogP contribution in [-0.2, 0) is 6.42 Å². The van der Waals surface area contributed by atoms with Gasteiger partial charge in [0.1, 0.15) is 0 Å². The van der Waals surface area contributed by atoms with Crippen molar-refractivity contribution in [2.75, 3.05) is 0 Å². The lowest BCUT2D eigenvalue weighted by Gasteiger charge is -2.38. The predicted octanol–water partition coefficient (Wildman–Crippen LogP) is 5.82. The molecule has 1 heterocycles. The van der Waals surface area contributed by atoms with Gasteiger partial charge in [0.15, 0.2) is 0 Å². The van der Waals surface area contributed by atoms with Gasteiger partial charge < -0.3 is 5.11 Å². The summed E-state index contributed by atoms with van der Waals surface area (Å²) in [6, 6.07) is 12.9. The zero-order valence-electron chi connectivity index (χ0n) is 17.2. The number of rotatable bonds is 8. The molecule has 0 aliphatic carbocycles. The van der Waals surface area contributed by atoms with E-state index in [1.54, 1.807) is 0 Å². The van der Waals surface area contributed by atoms with Crippen LogP contribution in [0, 0.1) is 17.8 Å². The van der Waals surface area contributed by atoms with E-state index in [1.165, 1.54) is 16.7 Å². The summed E-state index contributed by atoms with van der Waals surface area (Å²) in [5.41, 5.74) is 4.03. The number of aliphatic hydroxyl groups is 1. The number of hydrogen-bond donors (Lipinski definition) is 1. The summed E-state index contributed by atoms with van der Waals surface area (Å²) in [5.74, 6) is 1.88. The van der Waals surface area contributed by atoms with Crippen LogP contribution in [0.5, 0.6) is 0 Å². The highest BCUT2D eigenvalue weighted by molar-refractivity contribution is 5.33. The summed E-state index contributed by atoms with van der Waals surface area (Å²) in [4.78, 5) is 4.28. The lowest BCUT2D eigenvalue weighted by molar-refractivity contribution is 0.0544. The van der Waals surface area contributed by atoms with Crippen LogP contribution in [0.25, 0.3) is 0 Å². The molecule has 2 aromatic rings. The quantitative estimate of drug-likeness (QED) is 0.648. The zero-order chi connectivity index (χ0) is 19.3. The Morgan fingerprint density at radius 2 is 1.54 bits per heavy atom. The smallest absolute Gasteiger partial charge is 0.0548 e. The molecule has 4 atom stereocenters. The number of nitrogens with zero attached hydrogens (tertiary/aromatic N) is 1. The predicted molar refractivity (Wildman–Crippen MR) is 110 cm³/mol. The molecule has 1 N–H and O–H groups in total. The Kier molecular flexibility index (Phi) is 7.40. The molecular formula is C24H35NO. The molecule has 142 valence electrons. The van der Waals surface area contributed by atoms with Crippen LogP contribution in [-0.4, -0.2) is 16.2 Å². The van der Waals surface area contributed by atoms with Crippen LogP contribution in [0.1, 0.15) is 70.1 Å². The fraction of sp³-hybridized carbons (Fsp3) is 0.542. The maximum atomic E-state index is 10.8. The molecule has 0 fully saturated rings. The van der Waals surface area contributed by atoms with E-state index in [4.69, 9.17) is 0 Å². The van der Waals surface area contributed by atoms with Gasteiger partial charge in [0.25, 0.3) is 0 Å². The maximum Gasteiger partial charge on any atom is 0.0548 e. The number of aromatic nitrogens is 1. The van der Waals surface area contributed by atoms with Gasteiger partial charge in [-0.15, -0.1) is 0 Å². The van der Waals surface area contributed by atoms with Gasteiger partial charge in [-0.25, -0.2) is 0 Å². The second kappa shape index (κ2) is 9.32. The summed E-state index contributed by atoms with van der Waals surface area (Å²) < 4.78 is 0. The minimum Gasteiger partial charge on any atom is -0.393 e. The van der Waals surface area contributed by atoms with Crippen molar-refractivity contribution in [1.82, 2.24) is 4.98 Å². The molecule has 0 aliphatic heterocycles. The molecule has 0 saturated heterocycles. The molecule has 26 heavy (non-hydrogen) atoms. The molecule has 0 saturated carbocycles. The lowest BCUT2D eigenvalue weighted by Crippen LogP contribution is -2.35. The third-order valence-corrected chi connectivity index (χ3v) is 5.79. The van der Waals surface area contributed by atoms with Crippen LogP contribution in [0.3, 0.4) is 0 Å². The number of pyridine rings is 1. The highest BCUT2D eigenvalue weighted by Gasteiger charge is 2.34. The van der Waals surface area contributed by atoms with Crippen molar-refractivity contribution < 1.29 is 5.11 Å². The molecule has 2 heteroatoms. The average molecular weight is 354 g/mol. The summed E-state index contributed by atoms with van der Waals surface area (Å²) >= 11 is 0. The first kappa shape index (κ1) is 20.6. The number of benzene rings is 1. The normalized spacial score (nSPS) is 16.5. The molecule has 0 aliphatic rings. The number of aliphatic hydroxyl groups excluding tert-OH is 1. The highest BCUT2D eigenvalue weighted by atomic mass is 16.3. The molecule has 0 radical (unpaired) electrons. The molecular weight excluding hydrogens is 318 g/mol. The highest BCUT2D eigenvalue weighted by Crippen LogP contribution is 2.40. The molecule has 1 aromatic heterocycles. The van der Waals surface area contributed by atoms with Crippen molar-refractivity contribution in [1.29, 1.82) is 0 Å². The Balaban J connectivity index is 2.39. The van der Waals surface area contributed by atoms with E-state index in [0.717, 1.165) is 6.42 Å². The first-order chi connectivity index (χ1) is 12.3. The van der Waals surface area contributed by atoms with E-state index in [1.807, 2.05) is 25.4 Å². The van der Waals surface area contributed by atoms with Crippen molar-refractivity contribution in [2.45, 2.75) is 65.9 Å². The summed E-state index contributed by atoms with van der Waals surface area (Å²) in [7, 11) is 0. The topological polar surface area (TPSA) is 33.1 Å². The van der Waals surface area contributed by atoms with E-state index < -0.39 is 0 Å². The molecule has 0 amide bonds. The average Bonchev–Trinajstić information content (AvgIpc) is 2.61. The summed E-state index contributed by atoms with van der Waals surface area (Å²) in [6.07, 6.45) is 4.38. The third kappa shape index (κ3) is 4.94. The zero-order valence-corrected chi connectivity index (χ0v) is 17.2. The number of hydrogen-bond acceptors (Lipinski definition) is 2. The van der Waals surface area contributed by atoms with Gasteiger partial charge in [0.05, 0.1) is 6.10 Å². The molecule has 0 bridgehead atoms. The molecule has 2 nitrogen and oxygen atoms in total. The lowest BCUT2D eigenvalue weighted by atomic mass is 9.68. The van der Waals surface area contributed by atoms with Crippen molar-refractivity contribution >= 4 is 0 Å². The van der Waals surface area contributed by atoms with Crippen molar-refractivity contribution in [2.24, 2.45) is 17.8 Å². The van der Waals surface area contributed by atoms with Gasteiger partial charge in [-0.2, -0.15) is 0 Å². The monoisotopic (exact) mass is 353 g/mol. The van der Waals surface area contributed by atoms with Crippen LogP contribution < -0.4 is 0 Å². The van der Waals surface area contributed by atoms with Gasteiger partial charge in [-0.1, -0.05) is 65.0 Å². The second-order valence-electron chi connectivity index (χ2n) is 8.36. The molecule has 4 unspecified atom stereocenters. The standard InChI is InChI=1S/C24H35NO/c1-16(2)21-11-7-8-12-22(21)18(5)24(19(6)26)23(17(3)4)14-20-10-9-13-25-15-20/h7-13,15-19,23-24,26H,14H2,1-6H3. The molecule has 1 aromatic carbocycles. The minimum absolute atomic E-state index is 0.204. The third-order valence-electron chi connectivity index (χ3n) is 5.79. The first-order valence-corrected chi connectivity index (χ1v) is 9.98. The first-order valence-electron chi connectivity index (χ1n) is 9.98. The van der Waals surface area contributed by atoms with Crippen LogP contribution in [0.2, 0.25) is 0 Å². The van der Waals surface area contributed by atoms with Crippen LogP contribution >= 0.6 is 0 Å². The fourth-order valence-corrected chi connectivity index (χ4v) is 4.41. The molecule has 2 rings (SSSR count). The van der Waals surface area contributed by atoms with Crippen LogP contribution in [0.4, 0.5) is 0 Å². The molecule has 0 spiro atoms. The van der Waals surface area contributed by atoms with Gasteiger partial charge in [0, 0.05) is 12.4 Å². The van der Waals surface area contributed by atoms with E-state index >= 15 is 0 Å². The Morgan fingerprint density at radius 1 is 0.885 bits per heavy atom. The van der Waals surface area contributed by atoms with Gasteiger partial charge in [0.2, 0.25) is 0 Å². The van der Waals surface area contributed by atoms with Gasteiger partial charge in [-0.05, 0) is 65.7 Å². The van der Waals surface area contributed by atoms with E-state index in [-0.39, 0.29) is 12.0 Å². The van der Waals surface area contributed by atoms with E-state index in [9.17, 15) is 5.11 Å². The SMILES string of the molecule is CC(C)c1ccccc1C(C)C(C(C)O)C(Cc1cccnc1)C(C)C. The Hall–Kier alpha value is -1.67. The van der Waals surface area contributed by atoms with Crippen molar-refractivity contribution in [3.05, 3.63) is 65.5 Å². The van der Waals surface area contributed by atoms with E-state index in [0.29, 0.717) is 23.7 Å². The maximum absolute atomic E-state index is 10.8.